The fourth-order valence-corrected chi connectivity index (χ4v) is 2.61. The summed E-state index contributed by atoms with van der Waals surface area (Å²) in [4.78, 5) is 3.85. The third-order valence-corrected chi connectivity index (χ3v) is 3.12. The number of hydrogen-bond acceptors (Lipinski definition) is 3. The molecule has 0 bridgehead atoms. The predicted octanol–water partition coefficient (Wildman–Crippen LogP) is 1.70. The first-order chi connectivity index (χ1) is 6.53. The Morgan fingerprint density at radius 1 is 1.36 bits per heavy atom. The minimum absolute atomic E-state index is 0.347. The molecule has 1 fully saturated rings. The maximum absolute atomic E-state index is 9.24. The van der Waals surface area contributed by atoms with Gasteiger partial charge in [-0.3, -0.25) is 4.98 Å². The fourth-order valence-electron chi connectivity index (χ4n) is 1.87. The number of nitrogens with zero attached hydrogens (tertiary/aromatic N) is 1. The lowest BCUT2D eigenvalue weighted by Gasteiger charge is -2.43. The van der Waals surface area contributed by atoms with E-state index >= 15 is 0 Å². The minimum Gasteiger partial charge on any atom is -0.393 e. The van der Waals surface area contributed by atoms with E-state index in [0.717, 1.165) is 0 Å². The number of aliphatic hydroxyl groups excluding tert-OH is 1. The monoisotopic (exact) mass is 232 g/mol. The largest absolute Gasteiger partial charge is 0.393 e. The van der Waals surface area contributed by atoms with Crippen LogP contribution in [0.2, 0.25) is 10.0 Å². The zero-order valence-corrected chi connectivity index (χ0v) is 8.89. The summed E-state index contributed by atoms with van der Waals surface area (Å²) in [5.74, 6) is 0. The van der Waals surface area contributed by atoms with Crippen molar-refractivity contribution < 1.29 is 5.11 Å². The molecule has 3 N–H and O–H groups in total. The highest BCUT2D eigenvalue weighted by Gasteiger charge is 2.43. The molecular formula is C9H10Cl2N2O. The zero-order chi connectivity index (χ0) is 10.3. The summed E-state index contributed by atoms with van der Waals surface area (Å²) >= 11 is 11.9. The van der Waals surface area contributed by atoms with Crippen LogP contribution in [0.1, 0.15) is 18.4 Å². The van der Waals surface area contributed by atoms with Gasteiger partial charge in [0.05, 0.1) is 16.1 Å². The maximum atomic E-state index is 9.24. The van der Waals surface area contributed by atoms with E-state index in [1.807, 2.05) is 0 Å². The van der Waals surface area contributed by atoms with Crippen molar-refractivity contribution in [2.24, 2.45) is 5.73 Å². The topological polar surface area (TPSA) is 59.1 Å². The summed E-state index contributed by atoms with van der Waals surface area (Å²) in [5.41, 5.74) is 6.17. The second-order valence-corrected chi connectivity index (χ2v) is 4.51. The van der Waals surface area contributed by atoms with Crippen LogP contribution >= 0.6 is 23.2 Å². The van der Waals surface area contributed by atoms with Crippen LogP contribution in [0.15, 0.2) is 12.4 Å². The van der Waals surface area contributed by atoms with Crippen LogP contribution in [-0.4, -0.2) is 16.2 Å². The van der Waals surface area contributed by atoms with Crippen LogP contribution in [0.3, 0.4) is 0 Å². The fraction of sp³-hybridized carbons (Fsp3) is 0.444. The number of rotatable bonds is 1. The number of pyridine rings is 1. The zero-order valence-electron chi connectivity index (χ0n) is 7.37. The van der Waals surface area contributed by atoms with E-state index in [0.29, 0.717) is 28.5 Å². The van der Waals surface area contributed by atoms with Gasteiger partial charge in [0.2, 0.25) is 0 Å². The lowest BCUT2D eigenvalue weighted by Crippen LogP contribution is -2.52. The second kappa shape index (κ2) is 3.35. The molecule has 0 saturated heterocycles. The molecule has 1 heterocycles. The van der Waals surface area contributed by atoms with Crippen molar-refractivity contribution in [3.8, 4) is 0 Å². The van der Waals surface area contributed by atoms with E-state index in [2.05, 4.69) is 4.98 Å². The molecule has 1 saturated carbocycles. The molecule has 1 aromatic heterocycles. The molecule has 0 spiro atoms. The molecule has 2 rings (SSSR count). The van der Waals surface area contributed by atoms with E-state index in [-0.39, 0.29) is 6.10 Å². The molecule has 0 aromatic carbocycles. The van der Waals surface area contributed by atoms with Gasteiger partial charge in [0.1, 0.15) is 0 Å². The molecule has 76 valence electrons. The van der Waals surface area contributed by atoms with Gasteiger partial charge in [-0.25, -0.2) is 0 Å². The van der Waals surface area contributed by atoms with Crippen molar-refractivity contribution in [2.75, 3.05) is 0 Å². The standard InChI is InChI=1S/C9H10Cl2N2O/c10-6-3-13-4-7(11)8(6)9(12)1-5(14)2-9/h3-5,14H,1-2,12H2. The van der Waals surface area contributed by atoms with Crippen LogP contribution in [0.5, 0.6) is 0 Å². The molecule has 3 nitrogen and oxygen atoms in total. The highest BCUT2D eigenvalue weighted by Crippen LogP contribution is 2.44. The summed E-state index contributed by atoms with van der Waals surface area (Å²) in [7, 11) is 0. The summed E-state index contributed by atoms with van der Waals surface area (Å²) in [6.07, 6.45) is 3.68. The Kier molecular flexibility index (Phi) is 2.43. The van der Waals surface area contributed by atoms with Gasteiger partial charge in [-0.05, 0) is 12.8 Å². The summed E-state index contributed by atoms with van der Waals surface area (Å²) in [6.45, 7) is 0. The molecule has 14 heavy (non-hydrogen) atoms. The molecule has 1 aromatic rings. The Morgan fingerprint density at radius 3 is 2.29 bits per heavy atom. The lowest BCUT2D eigenvalue weighted by molar-refractivity contribution is 0.0210. The molecule has 0 atom stereocenters. The first-order valence-corrected chi connectivity index (χ1v) is 5.05. The summed E-state index contributed by atoms with van der Waals surface area (Å²) < 4.78 is 0. The number of halogens is 2. The molecule has 5 heteroatoms. The van der Waals surface area contributed by atoms with Crippen molar-refractivity contribution in [2.45, 2.75) is 24.5 Å². The van der Waals surface area contributed by atoms with Gasteiger partial charge in [-0.15, -0.1) is 0 Å². The van der Waals surface area contributed by atoms with Crippen molar-refractivity contribution in [1.82, 2.24) is 4.98 Å². The lowest BCUT2D eigenvalue weighted by atomic mass is 9.71. The van der Waals surface area contributed by atoms with E-state index in [1.165, 1.54) is 12.4 Å². The number of aliphatic hydroxyl groups is 1. The maximum Gasteiger partial charge on any atom is 0.0654 e. The van der Waals surface area contributed by atoms with Crippen LogP contribution in [0.4, 0.5) is 0 Å². The van der Waals surface area contributed by atoms with Crippen LogP contribution in [0.25, 0.3) is 0 Å². The Hall–Kier alpha value is -0.350. The molecule has 0 amide bonds. The average molecular weight is 233 g/mol. The molecule has 1 aliphatic carbocycles. The van der Waals surface area contributed by atoms with Gasteiger partial charge in [0.15, 0.2) is 0 Å². The quantitative estimate of drug-likeness (QED) is 0.776. The van der Waals surface area contributed by atoms with Crippen LogP contribution in [0, 0.1) is 0 Å². The molecule has 0 aliphatic heterocycles. The number of aromatic nitrogens is 1. The van der Waals surface area contributed by atoms with Gasteiger partial charge < -0.3 is 10.8 Å². The van der Waals surface area contributed by atoms with Gasteiger partial charge in [-0.2, -0.15) is 0 Å². The van der Waals surface area contributed by atoms with Gasteiger partial charge in [0.25, 0.3) is 0 Å². The highest BCUT2D eigenvalue weighted by atomic mass is 35.5. The number of hydrogen-bond donors (Lipinski definition) is 2. The van der Waals surface area contributed by atoms with Gasteiger partial charge in [0, 0.05) is 23.5 Å². The third-order valence-electron chi connectivity index (χ3n) is 2.55. The van der Waals surface area contributed by atoms with Gasteiger partial charge >= 0.3 is 0 Å². The van der Waals surface area contributed by atoms with Gasteiger partial charge in [-0.1, -0.05) is 23.2 Å². The normalized spacial score (nSPS) is 31.3. The molecule has 1 aliphatic rings. The van der Waals surface area contributed by atoms with E-state index < -0.39 is 5.54 Å². The molecule has 0 unspecified atom stereocenters. The Morgan fingerprint density at radius 2 is 1.86 bits per heavy atom. The first-order valence-electron chi connectivity index (χ1n) is 4.29. The average Bonchev–Trinajstić information content (AvgIpc) is 2.00. The molecule has 0 radical (unpaired) electrons. The van der Waals surface area contributed by atoms with Crippen LogP contribution < -0.4 is 5.73 Å². The number of nitrogens with two attached hydrogens (primary N) is 1. The summed E-state index contributed by atoms with van der Waals surface area (Å²) in [5, 5.41) is 10.2. The SMILES string of the molecule is NC1(c2c(Cl)cncc2Cl)CC(O)C1. The second-order valence-electron chi connectivity index (χ2n) is 3.70. The van der Waals surface area contributed by atoms with Crippen molar-refractivity contribution in [3.63, 3.8) is 0 Å². The van der Waals surface area contributed by atoms with Crippen molar-refractivity contribution in [3.05, 3.63) is 28.0 Å². The summed E-state index contributed by atoms with van der Waals surface area (Å²) in [6, 6.07) is 0. The van der Waals surface area contributed by atoms with Crippen molar-refractivity contribution >= 4 is 23.2 Å². The van der Waals surface area contributed by atoms with Crippen LogP contribution in [-0.2, 0) is 5.54 Å². The van der Waals surface area contributed by atoms with E-state index in [9.17, 15) is 5.11 Å². The Labute approximate surface area is 91.8 Å². The molecular weight excluding hydrogens is 223 g/mol. The van der Waals surface area contributed by atoms with E-state index in [4.69, 9.17) is 28.9 Å². The Bertz CT molecular complexity index is 344. The Balaban J connectivity index is 2.41. The smallest absolute Gasteiger partial charge is 0.0654 e. The first kappa shape index (κ1) is 10.2. The minimum atomic E-state index is -0.587. The highest BCUT2D eigenvalue weighted by molar-refractivity contribution is 6.36. The van der Waals surface area contributed by atoms with Crippen molar-refractivity contribution in [1.29, 1.82) is 0 Å². The third kappa shape index (κ3) is 1.50. The van der Waals surface area contributed by atoms with E-state index in [1.54, 1.807) is 0 Å². The predicted molar refractivity (Wildman–Crippen MR) is 55.4 cm³/mol.